The van der Waals surface area contributed by atoms with E-state index in [0.717, 1.165) is 37.4 Å². The zero-order valence-electron chi connectivity index (χ0n) is 18.2. The molecule has 0 aliphatic carbocycles. The maximum atomic E-state index is 12.6. The minimum atomic E-state index is -0.125. The maximum Gasteiger partial charge on any atom is 0.270 e. The van der Waals surface area contributed by atoms with Crippen LogP contribution < -0.4 is 15.1 Å². The Morgan fingerprint density at radius 1 is 0.875 bits per heavy atom. The smallest absolute Gasteiger partial charge is 0.270 e. The molecule has 0 unspecified atom stereocenters. The van der Waals surface area contributed by atoms with Gasteiger partial charge in [0.15, 0.2) is 0 Å². The number of hydrogen-bond donors (Lipinski definition) is 1. The molecule has 0 spiro atoms. The van der Waals surface area contributed by atoms with E-state index in [1.54, 1.807) is 10.6 Å². The molecule has 0 saturated carbocycles. The van der Waals surface area contributed by atoms with E-state index in [-0.39, 0.29) is 5.91 Å². The quantitative estimate of drug-likeness (QED) is 0.527. The molecule has 4 aromatic rings. The largest absolute Gasteiger partial charge is 0.368 e. The van der Waals surface area contributed by atoms with Crippen LogP contribution in [0.5, 0.6) is 0 Å². The van der Waals surface area contributed by atoms with Crippen LogP contribution >= 0.6 is 0 Å². The number of piperazine rings is 1. The molecule has 2 aromatic carbocycles. The number of nitrogens with zero attached hydrogens (tertiary/aromatic N) is 4. The lowest BCUT2D eigenvalue weighted by atomic mass is 10.1. The summed E-state index contributed by atoms with van der Waals surface area (Å²) in [6.45, 7) is 6.63. The molecule has 2 aromatic heterocycles. The van der Waals surface area contributed by atoms with Crippen LogP contribution in [0, 0.1) is 6.92 Å². The van der Waals surface area contributed by atoms with Crippen molar-refractivity contribution < 1.29 is 4.79 Å². The van der Waals surface area contributed by atoms with Crippen LogP contribution in [-0.4, -0.2) is 41.5 Å². The molecule has 6 nitrogen and oxygen atoms in total. The van der Waals surface area contributed by atoms with Crippen LogP contribution in [0.4, 0.5) is 11.4 Å². The van der Waals surface area contributed by atoms with E-state index in [1.165, 1.54) is 16.9 Å². The molecular formula is C26H27N5O. The summed E-state index contributed by atoms with van der Waals surface area (Å²) in [7, 11) is 0. The van der Waals surface area contributed by atoms with Gasteiger partial charge in [0, 0.05) is 50.3 Å². The standard InChI is InChI=1S/C26H27N5O/c1-20-5-9-22(10-6-20)29-14-16-30(17-15-29)23-11-7-21(8-12-23)18-28-26(32)24-19-27-25-4-2-3-13-31(24)25/h2-13,19H,14-18H2,1H3,(H,28,32). The second-order valence-corrected chi connectivity index (χ2v) is 8.23. The van der Waals surface area contributed by atoms with Crippen molar-refractivity contribution >= 4 is 22.9 Å². The first kappa shape index (κ1) is 20.1. The number of hydrogen-bond acceptors (Lipinski definition) is 4. The highest BCUT2D eigenvalue weighted by Gasteiger charge is 2.17. The predicted molar refractivity (Wildman–Crippen MR) is 128 cm³/mol. The minimum absolute atomic E-state index is 0.125. The van der Waals surface area contributed by atoms with Crippen molar-refractivity contribution in [2.24, 2.45) is 0 Å². The van der Waals surface area contributed by atoms with Crippen LogP contribution in [0.1, 0.15) is 21.6 Å². The Balaban J connectivity index is 1.16. The molecule has 3 heterocycles. The van der Waals surface area contributed by atoms with Crippen LogP contribution in [0.3, 0.4) is 0 Å². The Bertz CT molecular complexity index is 1210. The van der Waals surface area contributed by atoms with Gasteiger partial charge in [-0.2, -0.15) is 0 Å². The van der Waals surface area contributed by atoms with Gasteiger partial charge in [-0.3, -0.25) is 9.20 Å². The van der Waals surface area contributed by atoms with E-state index in [2.05, 4.69) is 75.6 Å². The third kappa shape index (κ3) is 4.17. The molecule has 5 rings (SSSR count). The Morgan fingerprint density at radius 2 is 1.50 bits per heavy atom. The third-order valence-corrected chi connectivity index (χ3v) is 6.08. The first-order valence-electron chi connectivity index (χ1n) is 11.0. The number of benzene rings is 2. The molecule has 1 amide bonds. The van der Waals surface area contributed by atoms with Gasteiger partial charge in [-0.1, -0.05) is 35.9 Å². The molecule has 0 bridgehead atoms. The zero-order valence-corrected chi connectivity index (χ0v) is 18.2. The van der Waals surface area contributed by atoms with E-state index in [9.17, 15) is 4.79 Å². The summed E-state index contributed by atoms with van der Waals surface area (Å²) < 4.78 is 1.80. The summed E-state index contributed by atoms with van der Waals surface area (Å²) in [6, 6.07) is 22.9. The Hall–Kier alpha value is -3.80. The fourth-order valence-electron chi connectivity index (χ4n) is 4.18. The lowest BCUT2D eigenvalue weighted by molar-refractivity contribution is 0.0945. The van der Waals surface area contributed by atoms with Crippen molar-refractivity contribution in [2.45, 2.75) is 13.5 Å². The number of pyridine rings is 1. The summed E-state index contributed by atoms with van der Waals surface area (Å²) in [5.74, 6) is -0.125. The van der Waals surface area contributed by atoms with Crippen molar-refractivity contribution in [3.8, 4) is 0 Å². The molecule has 1 N–H and O–H groups in total. The lowest BCUT2D eigenvalue weighted by Crippen LogP contribution is -2.46. The molecule has 32 heavy (non-hydrogen) atoms. The van der Waals surface area contributed by atoms with Crippen molar-refractivity contribution in [1.29, 1.82) is 0 Å². The number of amides is 1. The molecule has 0 atom stereocenters. The van der Waals surface area contributed by atoms with Crippen LogP contribution in [-0.2, 0) is 6.54 Å². The van der Waals surface area contributed by atoms with Crippen molar-refractivity contribution in [2.75, 3.05) is 36.0 Å². The third-order valence-electron chi connectivity index (χ3n) is 6.08. The minimum Gasteiger partial charge on any atom is -0.368 e. The molecule has 1 aliphatic heterocycles. The van der Waals surface area contributed by atoms with Gasteiger partial charge in [0.2, 0.25) is 0 Å². The molecule has 1 saturated heterocycles. The zero-order chi connectivity index (χ0) is 21.9. The van der Waals surface area contributed by atoms with Gasteiger partial charge in [0.1, 0.15) is 11.3 Å². The van der Waals surface area contributed by atoms with E-state index >= 15 is 0 Å². The van der Waals surface area contributed by atoms with Crippen molar-refractivity contribution in [3.05, 3.63) is 95.9 Å². The first-order chi connectivity index (χ1) is 15.7. The maximum absolute atomic E-state index is 12.6. The summed E-state index contributed by atoms with van der Waals surface area (Å²) in [5, 5.41) is 3.00. The van der Waals surface area contributed by atoms with Gasteiger partial charge >= 0.3 is 0 Å². The normalized spacial score (nSPS) is 14.0. The predicted octanol–water partition coefficient (Wildman–Crippen LogP) is 3.90. The Morgan fingerprint density at radius 3 is 2.16 bits per heavy atom. The Labute approximate surface area is 188 Å². The molecule has 1 fully saturated rings. The summed E-state index contributed by atoms with van der Waals surface area (Å²) in [6.07, 6.45) is 3.47. The van der Waals surface area contributed by atoms with E-state index in [4.69, 9.17) is 0 Å². The number of anilines is 2. The van der Waals surface area contributed by atoms with Gasteiger partial charge in [0.05, 0.1) is 6.20 Å². The molecule has 1 aliphatic rings. The van der Waals surface area contributed by atoms with Gasteiger partial charge < -0.3 is 15.1 Å². The number of carbonyl (C=O) groups excluding carboxylic acids is 1. The first-order valence-corrected chi connectivity index (χ1v) is 11.0. The second-order valence-electron chi connectivity index (χ2n) is 8.23. The topological polar surface area (TPSA) is 52.9 Å². The summed E-state index contributed by atoms with van der Waals surface area (Å²) in [4.78, 5) is 21.7. The number of aromatic nitrogens is 2. The number of rotatable bonds is 5. The van der Waals surface area contributed by atoms with Gasteiger partial charge in [-0.15, -0.1) is 0 Å². The van der Waals surface area contributed by atoms with Gasteiger partial charge in [-0.05, 0) is 48.9 Å². The average Bonchev–Trinajstić information content (AvgIpc) is 3.28. The molecular weight excluding hydrogens is 398 g/mol. The molecule has 6 heteroatoms. The second kappa shape index (κ2) is 8.75. The SMILES string of the molecule is Cc1ccc(N2CCN(c3ccc(CNC(=O)c4cnc5ccccn45)cc3)CC2)cc1. The number of fused-ring (bicyclic) bond motifs is 1. The molecule has 162 valence electrons. The Kier molecular flexibility index (Phi) is 5.50. The summed E-state index contributed by atoms with van der Waals surface area (Å²) >= 11 is 0. The fourth-order valence-corrected chi connectivity index (χ4v) is 4.18. The number of aryl methyl sites for hydroxylation is 1. The van der Waals surface area contributed by atoms with Gasteiger partial charge in [-0.25, -0.2) is 4.98 Å². The van der Waals surface area contributed by atoms with Crippen molar-refractivity contribution in [1.82, 2.24) is 14.7 Å². The monoisotopic (exact) mass is 425 g/mol. The number of imidazole rings is 1. The highest BCUT2D eigenvalue weighted by molar-refractivity contribution is 5.93. The van der Waals surface area contributed by atoms with Crippen LogP contribution in [0.25, 0.3) is 5.65 Å². The van der Waals surface area contributed by atoms with Crippen molar-refractivity contribution in [3.63, 3.8) is 0 Å². The highest BCUT2D eigenvalue weighted by atomic mass is 16.1. The number of carbonyl (C=O) groups is 1. The van der Waals surface area contributed by atoms with Crippen LogP contribution in [0.15, 0.2) is 79.1 Å². The van der Waals surface area contributed by atoms with E-state index in [1.807, 2.05) is 24.4 Å². The van der Waals surface area contributed by atoms with E-state index in [0.29, 0.717) is 12.2 Å². The summed E-state index contributed by atoms with van der Waals surface area (Å²) in [5.41, 5.74) is 6.21. The van der Waals surface area contributed by atoms with E-state index < -0.39 is 0 Å². The van der Waals surface area contributed by atoms with Gasteiger partial charge in [0.25, 0.3) is 5.91 Å². The highest BCUT2D eigenvalue weighted by Crippen LogP contribution is 2.21. The fraction of sp³-hybridized carbons (Fsp3) is 0.231. The average molecular weight is 426 g/mol. The van der Waals surface area contributed by atoms with Crippen LogP contribution in [0.2, 0.25) is 0 Å². The lowest BCUT2D eigenvalue weighted by Gasteiger charge is -2.37. The number of nitrogens with one attached hydrogen (secondary N) is 1. The molecule has 0 radical (unpaired) electrons.